The van der Waals surface area contributed by atoms with Crippen molar-refractivity contribution in [2.75, 3.05) is 26.0 Å². The van der Waals surface area contributed by atoms with Gasteiger partial charge in [-0.1, -0.05) is 13.0 Å². The Hall–Kier alpha value is -1.88. The first-order valence-corrected chi connectivity index (χ1v) is 6.78. The zero-order chi connectivity index (χ0) is 15.1. The second-order valence-corrected chi connectivity index (χ2v) is 5.15. The Morgan fingerprint density at radius 1 is 1.30 bits per heavy atom. The lowest BCUT2D eigenvalue weighted by Crippen LogP contribution is -2.32. The fraction of sp³-hybridized carbons (Fsp3) is 0.467. The van der Waals surface area contributed by atoms with E-state index in [1.807, 2.05) is 27.9 Å². The van der Waals surface area contributed by atoms with Crippen molar-refractivity contribution in [3.05, 3.63) is 29.8 Å². The monoisotopic (exact) mass is 277 g/mol. The molecule has 5 nitrogen and oxygen atoms in total. The van der Waals surface area contributed by atoms with Crippen LogP contribution in [0.15, 0.2) is 24.3 Å². The second-order valence-electron chi connectivity index (χ2n) is 5.15. The molecule has 0 bridgehead atoms. The van der Waals surface area contributed by atoms with Gasteiger partial charge in [0.15, 0.2) is 0 Å². The molecule has 0 aliphatic rings. The van der Waals surface area contributed by atoms with Gasteiger partial charge < -0.3 is 15.5 Å². The Balaban J connectivity index is 2.70. The van der Waals surface area contributed by atoms with Crippen molar-refractivity contribution in [2.24, 2.45) is 0 Å². The summed E-state index contributed by atoms with van der Waals surface area (Å²) >= 11 is 0. The summed E-state index contributed by atoms with van der Waals surface area (Å²) < 4.78 is 0. The molecule has 1 unspecified atom stereocenters. The van der Waals surface area contributed by atoms with Crippen molar-refractivity contribution >= 4 is 17.5 Å². The van der Waals surface area contributed by atoms with Crippen LogP contribution in [0.25, 0.3) is 0 Å². The number of carbonyl (C=O) groups excluding carboxylic acids is 2. The zero-order valence-corrected chi connectivity index (χ0v) is 12.6. The minimum Gasteiger partial charge on any atom is -0.350 e. The van der Waals surface area contributed by atoms with Gasteiger partial charge in [-0.25, -0.2) is 0 Å². The third-order valence-electron chi connectivity index (χ3n) is 2.86. The number of hydrogen-bond acceptors (Lipinski definition) is 3. The van der Waals surface area contributed by atoms with Crippen LogP contribution < -0.4 is 10.6 Å². The quantitative estimate of drug-likeness (QED) is 0.832. The van der Waals surface area contributed by atoms with E-state index in [1.54, 1.807) is 29.2 Å². The summed E-state index contributed by atoms with van der Waals surface area (Å²) in [5.41, 5.74) is 1.18. The topological polar surface area (TPSA) is 61.4 Å². The number of rotatable bonds is 6. The third kappa shape index (κ3) is 5.40. The number of hydrogen-bond donors (Lipinski definition) is 2. The average Bonchev–Trinajstić information content (AvgIpc) is 2.37. The highest BCUT2D eigenvalue weighted by molar-refractivity contribution is 5.97. The molecule has 2 N–H and O–H groups in total. The minimum atomic E-state index is -0.122. The van der Waals surface area contributed by atoms with Gasteiger partial charge in [0.2, 0.25) is 5.91 Å². The Labute approximate surface area is 120 Å². The van der Waals surface area contributed by atoms with E-state index in [0.29, 0.717) is 17.8 Å². The van der Waals surface area contributed by atoms with E-state index in [9.17, 15) is 9.59 Å². The third-order valence-corrected chi connectivity index (χ3v) is 2.86. The number of anilines is 1. The molecule has 20 heavy (non-hydrogen) atoms. The molecule has 0 radical (unpaired) electrons. The van der Waals surface area contributed by atoms with Gasteiger partial charge in [0.05, 0.1) is 6.54 Å². The number of carbonyl (C=O) groups is 2. The van der Waals surface area contributed by atoms with Gasteiger partial charge >= 0.3 is 0 Å². The van der Waals surface area contributed by atoms with Crippen molar-refractivity contribution in [3.63, 3.8) is 0 Å². The first-order valence-electron chi connectivity index (χ1n) is 6.78. The molecule has 1 aromatic carbocycles. The summed E-state index contributed by atoms with van der Waals surface area (Å²) in [6.07, 6.45) is 0.880. The van der Waals surface area contributed by atoms with Crippen LogP contribution in [-0.4, -0.2) is 43.4 Å². The molecule has 0 heterocycles. The number of benzene rings is 1. The molecular formula is C15H23N3O2. The Kier molecular flexibility index (Phi) is 6.18. The summed E-state index contributed by atoms with van der Waals surface area (Å²) in [5, 5.41) is 5.67. The van der Waals surface area contributed by atoms with Crippen LogP contribution in [0.3, 0.4) is 0 Å². The van der Waals surface area contributed by atoms with Crippen molar-refractivity contribution < 1.29 is 9.59 Å². The summed E-state index contributed by atoms with van der Waals surface area (Å²) in [6.45, 7) is 4.28. The molecule has 110 valence electrons. The molecule has 0 aliphatic heterocycles. The molecule has 1 aromatic rings. The van der Waals surface area contributed by atoms with Gasteiger partial charge in [0, 0.05) is 17.3 Å². The van der Waals surface area contributed by atoms with Gasteiger partial charge in [0.1, 0.15) is 0 Å². The largest absolute Gasteiger partial charge is 0.350 e. The van der Waals surface area contributed by atoms with Gasteiger partial charge in [-0.2, -0.15) is 0 Å². The van der Waals surface area contributed by atoms with Crippen LogP contribution >= 0.6 is 0 Å². The molecule has 0 saturated carbocycles. The number of amides is 2. The second kappa shape index (κ2) is 7.65. The Bertz CT molecular complexity index is 472. The maximum Gasteiger partial charge on any atom is 0.251 e. The molecular weight excluding hydrogens is 254 g/mol. The van der Waals surface area contributed by atoms with Crippen LogP contribution in [0.4, 0.5) is 5.69 Å². The fourth-order valence-electron chi connectivity index (χ4n) is 1.64. The summed E-state index contributed by atoms with van der Waals surface area (Å²) in [7, 11) is 3.66. The van der Waals surface area contributed by atoms with E-state index >= 15 is 0 Å². The molecule has 0 aromatic heterocycles. The van der Waals surface area contributed by atoms with Crippen LogP contribution in [0.2, 0.25) is 0 Å². The molecule has 1 atom stereocenters. The van der Waals surface area contributed by atoms with Gasteiger partial charge in [0.25, 0.3) is 5.91 Å². The highest BCUT2D eigenvalue weighted by atomic mass is 16.2. The van der Waals surface area contributed by atoms with E-state index in [0.717, 1.165) is 6.42 Å². The molecule has 0 fully saturated rings. The molecule has 0 aliphatic carbocycles. The van der Waals surface area contributed by atoms with E-state index < -0.39 is 0 Å². The van der Waals surface area contributed by atoms with Crippen molar-refractivity contribution in [1.29, 1.82) is 0 Å². The number of nitrogens with zero attached hydrogens (tertiary/aromatic N) is 1. The van der Waals surface area contributed by atoms with E-state index in [4.69, 9.17) is 0 Å². The van der Waals surface area contributed by atoms with Crippen LogP contribution in [0.5, 0.6) is 0 Å². The maximum atomic E-state index is 12.0. The number of likely N-dealkylation sites (N-methyl/N-ethyl adjacent to an activating group) is 1. The fourth-order valence-corrected chi connectivity index (χ4v) is 1.64. The first-order chi connectivity index (χ1) is 9.42. The van der Waals surface area contributed by atoms with Crippen molar-refractivity contribution in [1.82, 2.24) is 10.2 Å². The normalized spacial score (nSPS) is 12.1. The lowest BCUT2D eigenvalue weighted by molar-refractivity contribution is -0.116. The summed E-state index contributed by atoms with van der Waals surface area (Å²) in [5.74, 6) is -0.224. The van der Waals surface area contributed by atoms with Crippen LogP contribution in [-0.2, 0) is 4.79 Å². The first kappa shape index (κ1) is 16.2. The van der Waals surface area contributed by atoms with Crippen LogP contribution in [0, 0.1) is 0 Å². The minimum absolute atomic E-state index is 0.102. The molecule has 0 spiro atoms. The van der Waals surface area contributed by atoms with E-state index in [2.05, 4.69) is 10.6 Å². The lowest BCUT2D eigenvalue weighted by atomic mass is 10.1. The zero-order valence-electron chi connectivity index (χ0n) is 12.6. The predicted octanol–water partition coefficient (Wildman–Crippen LogP) is 1.72. The smallest absolute Gasteiger partial charge is 0.251 e. The van der Waals surface area contributed by atoms with Gasteiger partial charge in [-0.15, -0.1) is 0 Å². The standard InChI is InChI=1S/C15H23N3O2/c1-5-11(2)16-15(20)12-7-6-8-13(9-12)17-14(19)10-18(3)4/h6-9,11H,5,10H2,1-4H3,(H,16,20)(H,17,19). The average molecular weight is 277 g/mol. The van der Waals surface area contributed by atoms with Crippen molar-refractivity contribution in [2.45, 2.75) is 26.3 Å². The highest BCUT2D eigenvalue weighted by Crippen LogP contribution is 2.11. The van der Waals surface area contributed by atoms with E-state index in [1.165, 1.54) is 0 Å². The predicted molar refractivity (Wildman–Crippen MR) is 80.8 cm³/mol. The lowest BCUT2D eigenvalue weighted by Gasteiger charge is -2.13. The summed E-state index contributed by atoms with van der Waals surface area (Å²) in [6, 6.07) is 7.09. The molecule has 0 saturated heterocycles. The molecule has 2 amide bonds. The Morgan fingerprint density at radius 3 is 2.60 bits per heavy atom. The number of nitrogens with one attached hydrogen (secondary N) is 2. The highest BCUT2D eigenvalue weighted by Gasteiger charge is 2.10. The van der Waals surface area contributed by atoms with Gasteiger partial charge in [-0.05, 0) is 45.6 Å². The summed E-state index contributed by atoms with van der Waals surface area (Å²) in [4.78, 5) is 25.5. The molecule has 5 heteroatoms. The maximum absolute atomic E-state index is 12.0. The SMILES string of the molecule is CCC(C)NC(=O)c1cccc(NC(=O)CN(C)C)c1. The Morgan fingerprint density at radius 2 is 2.00 bits per heavy atom. The van der Waals surface area contributed by atoms with Crippen LogP contribution in [0.1, 0.15) is 30.6 Å². The van der Waals surface area contributed by atoms with Crippen molar-refractivity contribution in [3.8, 4) is 0 Å². The molecule has 1 rings (SSSR count). The van der Waals surface area contributed by atoms with E-state index in [-0.39, 0.29) is 17.9 Å². The van der Waals surface area contributed by atoms with Gasteiger partial charge in [-0.3, -0.25) is 9.59 Å².